The van der Waals surface area contributed by atoms with E-state index in [2.05, 4.69) is 26.0 Å². The van der Waals surface area contributed by atoms with Gasteiger partial charge in [-0.15, -0.1) is 0 Å². The van der Waals surface area contributed by atoms with E-state index in [1.165, 1.54) is 0 Å². The molecule has 2 N–H and O–H groups in total. The normalized spacial score (nSPS) is 18.5. The van der Waals surface area contributed by atoms with E-state index >= 15 is 0 Å². The Morgan fingerprint density at radius 2 is 2.00 bits per heavy atom. The van der Waals surface area contributed by atoms with E-state index in [0.29, 0.717) is 30.0 Å². The number of nitrogens with zero attached hydrogens (tertiary/aromatic N) is 4. The number of oxime groups is 1. The van der Waals surface area contributed by atoms with E-state index in [0.717, 1.165) is 11.4 Å². The van der Waals surface area contributed by atoms with Crippen molar-refractivity contribution in [1.29, 1.82) is 0 Å². The highest BCUT2D eigenvalue weighted by Crippen LogP contribution is 2.17. The van der Waals surface area contributed by atoms with Crippen LogP contribution in [0.1, 0.15) is 17.8 Å². The van der Waals surface area contributed by atoms with Gasteiger partial charge < -0.3 is 5.21 Å². The highest BCUT2D eigenvalue weighted by molar-refractivity contribution is 6.48. The molecule has 1 heterocycles. The molecule has 2 aromatic rings. The van der Waals surface area contributed by atoms with Crippen LogP contribution in [-0.4, -0.2) is 26.9 Å². The second-order valence-electron chi connectivity index (χ2n) is 4.04. The maximum Gasteiger partial charge on any atom is 0.160 e. The molecule has 0 saturated carbocycles. The minimum Gasteiger partial charge on any atom is -0.411 e. The van der Waals surface area contributed by atoms with Crippen molar-refractivity contribution in [2.24, 2.45) is 10.3 Å². The van der Waals surface area contributed by atoms with Crippen molar-refractivity contribution >= 4 is 17.1 Å². The minimum absolute atomic E-state index is 0.453. The summed E-state index contributed by atoms with van der Waals surface area (Å²) >= 11 is 0. The molecule has 0 bridgehead atoms. The number of hydrogen-bond donors (Lipinski definition) is 2. The molecule has 1 aromatic carbocycles. The molecular weight excluding hydrogens is 246 g/mol. The van der Waals surface area contributed by atoms with Crippen molar-refractivity contribution in [1.82, 2.24) is 10.3 Å². The molecule has 1 aliphatic carbocycles. The van der Waals surface area contributed by atoms with Gasteiger partial charge >= 0.3 is 0 Å². The Bertz CT molecular complexity index is 633. The third-order valence-electron chi connectivity index (χ3n) is 2.84. The van der Waals surface area contributed by atoms with Crippen molar-refractivity contribution in [2.75, 3.05) is 5.43 Å². The highest BCUT2D eigenvalue weighted by atomic mass is 16.6. The zero-order valence-electron chi connectivity index (χ0n) is 9.95. The van der Waals surface area contributed by atoms with E-state index in [4.69, 9.17) is 9.84 Å². The smallest absolute Gasteiger partial charge is 0.160 e. The van der Waals surface area contributed by atoms with Crippen LogP contribution in [0.2, 0.25) is 0 Å². The number of rotatable bonds is 2. The fourth-order valence-corrected chi connectivity index (χ4v) is 1.89. The van der Waals surface area contributed by atoms with Crippen LogP contribution in [0.3, 0.4) is 0 Å². The summed E-state index contributed by atoms with van der Waals surface area (Å²) in [5, 5.41) is 24.1. The number of anilines is 1. The van der Waals surface area contributed by atoms with Gasteiger partial charge in [0.05, 0.1) is 5.69 Å². The Hall–Kier alpha value is -2.70. The number of benzene rings is 1. The molecule has 0 unspecified atom stereocenters. The molecule has 1 aromatic heterocycles. The number of hydrogen-bond acceptors (Lipinski definition) is 7. The van der Waals surface area contributed by atoms with Gasteiger partial charge in [-0.2, -0.15) is 5.10 Å². The van der Waals surface area contributed by atoms with Gasteiger partial charge in [-0.25, -0.2) is 4.63 Å². The van der Waals surface area contributed by atoms with Gasteiger partial charge in [-0.1, -0.05) is 28.5 Å². The van der Waals surface area contributed by atoms with Gasteiger partial charge in [0.15, 0.2) is 5.69 Å². The van der Waals surface area contributed by atoms with Crippen LogP contribution in [0.15, 0.2) is 45.2 Å². The van der Waals surface area contributed by atoms with E-state index in [9.17, 15) is 0 Å². The van der Waals surface area contributed by atoms with Crippen molar-refractivity contribution in [3.63, 3.8) is 0 Å². The monoisotopic (exact) mass is 257 g/mol. The summed E-state index contributed by atoms with van der Waals surface area (Å²) in [6.07, 6.45) is 1.18. The van der Waals surface area contributed by atoms with E-state index in [1.807, 2.05) is 30.3 Å². The molecule has 1 aliphatic rings. The Labute approximate surface area is 108 Å². The van der Waals surface area contributed by atoms with Crippen LogP contribution in [0, 0.1) is 0 Å². The standard InChI is InChI=1S/C12H11N5O2/c18-15-9-6-7-10-12(17-19-16-10)11(9)14-13-8-4-2-1-3-5-8/h1-5,13,18H,6-7H2/b14-11-,15-9+. The average molecular weight is 257 g/mol. The lowest BCUT2D eigenvalue weighted by atomic mass is 9.97. The Kier molecular flexibility index (Phi) is 2.93. The molecule has 7 heteroatoms. The Morgan fingerprint density at radius 1 is 1.16 bits per heavy atom. The van der Waals surface area contributed by atoms with Crippen LogP contribution in [0.5, 0.6) is 0 Å². The predicted molar refractivity (Wildman–Crippen MR) is 68.4 cm³/mol. The first-order valence-corrected chi connectivity index (χ1v) is 5.80. The second kappa shape index (κ2) is 4.89. The summed E-state index contributed by atoms with van der Waals surface area (Å²) in [6.45, 7) is 0. The largest absolute Gasteiger partial charge is 0.411 e. The van der Waals surface area contributed by atoms with E-state index < -0.39 is 0 Å². The number of hydrazone groups is 1. The summed E-state index contributed by atoms with van der Waals surface area (Å²) in [6, 6.07) is 9.47. The van der Waals surface area contributed by atoms with Gasteiger partial charge in [-0.3, -0.25) is 5.43 Å². The van der Waals surface area contributed by atoms with Crippen LogP contribution in [-0.2, 0) is 6.42 Å². The fourth-order valence-electron chi connectivity index (χ4n) is 1.89. The van der Waals surface area contributed by atoms with Gasteiger partial charge in [0, 0.05) is 12.8 Å². The highest BCUT2D eigenvalue weighted by Gasteiger charge is 2.27. The lowest BCUT2D eigenvalue weighted by molar-refractivity contribution is 0.303. The van der Waals surface area contributed by atoms with Gasteiger partial charge in [0.2, 0.25) is 0 Å². The molecule has 0 aliphatic heterocycles. The molecule has 96 valence electrons. The van der Waals surface area contributed by atoms with Crippen molar-refractivity contribution in [3.05, 3.63) is 41.7 Å². The topological polar surface area (TPSA) is 95.9 Å². The summed E-state index contributed by atoms with van der Waals surface area (Å²) in [7, 11) is 0. The molecule has 0 atom stereocenters. The summed E-state index contributed by atoms with van der Waals surface area (Å²) in [5.74, 6) is 0. The van der Waals surface area contributed by atoms with Crippen LogP contribution < -0.4 is 5.43 Å². The van der Waals surface area contributed by atoms with Crippen molar-refractivity contribution in [2.45, 2.75) is 12.8 Å². The summed E-state index contributed by atoms with van der Waals surface area (Å²) in [4.78, 5) is 0. The molecule has 19 heavy (non-hydrogen) atoms. The second-order valence-corrected chi connectivity index (χ2v) is 4.04. The molecule has 3 rings (SSSR count). The predicted octanol–water partition coefficient (Wildman–Crippen LogP) is 1.66. The molecule has 0 spiro atoms. The lowest BCUT2D eigenvalue weighted by Crippen LogP contribution is -2.24. The Balaban J connectivity index is 1.94. The molecule has 0 amide bonds. The third-order valence-corrected chi connectivity index (χ3v) is 2.84. The minimum atomic E-state index is 0.453. The van der Waals surface area contributed by atoms with Crippen LogP contribution in [0.25, 0.3) is 0 Å². The molecule has 0 radical (unpaired) electrons. The van der Waals surface area contributed by atoms with Crippen molar-refractivity contribution < 1.29 is 9.84 Å². The fraction of sp³-hybridized carbons (Fsp3) is 0.167. The Morgan fingerprint density at radius 3 is 2.79 bits per heavy atom. The summed E-state index contributed by atoms with van der Waals surface area (Å²) < 4.78 is 4.70. The first-order valence-electron chi connectivity index (χ1n) is 5.80. The third kappa shape index (κ3) is 2.17. The quantitative estimate of drug-likeness (QED) is 0.630. The van der Waals surface area contributed by atoms with Gasteiger partial charge in [0.25, 0.3) is 0 Å². The SMILES string of the molecule is O/N=C1\CCc2nonc2\C1=N/Nc1ccccc1. The number of nitrogens with one attached hydrogen (secondary N) is 1. The molecule has 7 nitrogen and oxygen atoms in total. The van der Waals surface area contributed by atoms with E-state index in [-0.39, 0.29) is 0 Å². The number of aryl methyl sites for hydroxylation is 1. The number of fused-ring (bicyclic) bond motifs is 1. The first kappa shape index (κ1) is 11.4. The zero-order chi connectivity index (χ0) is 13.1. The molecule has 0 saturated heterocycles. The first-order chi connectivity index (χ1) is 9.38. The number of aromatic nitrogens is 2. The van der Waals surface area contributed by atoms with Crippen LogP contribution >= 0.6 is 0 Å². The lowest BCUT2D eigenvalue weighted by Gasteiger charge is -2.11. The van der Waals surface area contributed by atoms with E-state index in [1.54, 1.807) is 0 Å². The average Bonchev–Trinajstić information content (AvgIpc) is 2.94. The van der Waals surface area contributed by atoms with Crippen LogP contribution in [0.4, 0.5) is 5.69 Å². The van der Waals surface area contributed by atoms with Gasteiger partial charge in [-0.05, 0) is 17.3 Å². The zero-order valence-corrected chi connectivity index (χ0v) is 9.95. The maximum atomic E-state index is 9.02. The summed E-state index contributed by atoms with van der Waals surface area (Å²) in [5.41, 5.74) is 5.88. The maximum absolute atomic E-state index is 9.02. The number of para-hydroxylation sites is 1. The van der Waals surface area contributed by atoms with Gasteiger partial charge in [0.1, 0.15) is 17.1 Å². The van der Waals surface area contributed by atoms with Crippen molar-refractivity contribution in [3.8, 4) is 0 Å². The molecular formula is C12H11N5O2. The molecule has 0 fully saturated rings.